The standard InChI is InChI=1S/C13H10ClN3S/c14-9-5-7-10(8-6-9)15-13-16-11-3-1-2-4-12(11)17-18-13/h1-8,17H,(H,15,16). The molecule has 0 saturated carbocycles. The van der Waals surface area contributed by atoms with Gasteiger partial charge in [0.15, 0.2) is 5.17 Å². The molecule has 2 aromatic rings. The Bertz CT molecular complexity index is 595. The van der Waals surface area contributed by atoms with Crippen molar-refractivity contribution in [2.45, 2.75) is 0 Å². The summed E-state index contributed by atoms with van der Waals surface area (Å²) in [4.78, 5) is 4.54. The van der Waals surface area contributed by atoms with E-state index in [1.165, 1.54) is 11.9 Å². The lowest BCUT2D eigenvalue weighted by Crippen LogP contribution is -2.12. The Balaban J connectivity index is 1.83. The van der Waals surface area contributed by atoms with Crippen molar-refractivity contribution in [2.75, 3.05) is 10.0 Å². The summed E-state index contributed by atoms with van der Waals surface area (Å²) in [7, 11) is 0. The second-order valence-corrected chi connectivity index (χ2v) is 5.00. The third kappa shape index (κ3) is 2.44. The average Bonchev–Trinajstić information content (AvgIpc) is 2.41. The minimum absolute atomic E-state index is 0.724. The van der Waals surface area contributed by atoms with Gasteiger partial charge in [0.05, 0.1) is 11.4 Å². The summed E-state index contributed by atoms with van der Waals surface area (Å²) in [6.45, 7) is 0. The van der Waals surface area contributed by atoms with E-state index in [2.05, 4.69) is 15.0 Å². The second-order valence-electron chi connectivity index (χ2n) is 3.77. The van der Waals surface area contributed by atoms with Gasteiger partial charge >= 0.3 is 0 Å². The topological polar surface area (TPSA) is 36.4 Å². The molecule has 3 nitrogen and oxygen atoms in total. The summed E-state index contributed by atoms with van der Waals surface area (Å²) in [5.74, 6) is 0. The molecular weight excluding hydrogens is 266 g/mol. The number of hydrogen-bond donors (Lipinski definition) is 2. The van der Waals surface area contributed by atoms with Crippen LogP contribution in [0.25, 0.3) is 0 Å². The van der Waals surface area contributed by atoms with Crippen molar-refractivity contribution in [3.8, 4) is 0 Å². The second kappa shape index (κ2) is 4.92. The summed E-state index contributed by atoms with van der Waals surface area (Å²) >= 11 is 7.31. The monoisotopic (exact) mass is 275 g/mol. The van der Waals surface area contributed by atoms with E-state index >= 15 is 0 Å². The molecule has 2 aromatic carbocycles. The molecule has 0 radical (unpaired) electrons. The van der Waals surface area contributed by atoms with Gasteiger partial charge in [-0.3, -0.25) is 0 Å². The maximum atomic E-state index is 5.85. The number of hydrogen-bond acceptors (Lipinski definition) is 4. The minimum Gasteiger partial charge on any atom is -0.333 e. The molecule has 0 aromatic heterocycles. The zero-order valence-electron chi connectivity index (χ0n) is 9.35. The van der Waals surface area contributed by atoms with E-state index in [4.69, 9.17) is 11.6 Å². The van der Waals surface area contributed by atoms with Crippen molar-refractivity contribution in [2.24, 2.45) is 4.99 Å². The van der Waals surface area contributed by atoms with Crippen LogP contribution in [0.5, 0.6) is 0 Å². The van der Waals surface area contributed by atoms with Gasteiger partial charge in [-0.25, -0.2) is 4.99 Å². The SMILES string of the molecule is Clc1ccc(NC2=Nc3ccccc3NS2)cc1. The molecule has 0 aliphatic carbocycles. The van der Waals surface area contributed by atoms with Crippen LogP contribution in [-0.2, 0) is 0 Å². The number of aliphatic imine (C=N–C) groups is 1. The first-order valence-electron chi connectivity index (χ1n) is 5.44. The van der Waals surface area contributed by atoms with E-state index in [0.717, 1.165) is 27.3 Å². The van der Waals surface area contributed by atoms with E-state index in [-0.39, 0.29) is 0 Å². The van der Waals surface area contributed by atoms with Crippen LogP contribution in [0, 0.1) is 0 Å². The van der Waals surface area contributed by atoms with E-state index < -0.39 is 0 Å². The maximum Gasteiger partial charge on any atom is 0.187 e. The molecule has 3 rings (SSSR count). The fraction of sp³-hybridized carbons (Fsp3) is 0. The lowest BCUT2D eigenvalue weighted by Gasteiger charge is -2.17. The van der Waals surface area contributed by atoms with Crippen molar-refractivity contribution in [3.63, 3.8) is 0 Å². The Labute approximate surface area is 114 Å². The van der Waals surface area contributed by atoms with E-state index in [1.807, 2.05) is 48.5 Å². The molecule has 18 heavy (non-hydrogen) atoms. The van der Waals surface area contributed by atoms with E-state index in [1.54, 1.807) is 0 Å². The zero-order chi connectivity index (χ0) is 12.4. The Morgan fingerprint density at radius 1 is 1.06 bits per heavy atom. The van der Waals surface area contributed by atoms with Crippen LogP contribution >= 0.6 is 23.5 Å². The van der Waals surface area contributed by atoms with Crippen molar-refractivity contribution < 1.29 is 0 Å². The highest BCUT2D eigenvalue weighted by Gasteiger charge is 2.11. The van der Waals surface area contributed by atoms with Crippen LogP contribution in [0.4, 0.5) is 17.1 Å². The van der Waals surface area contributed by atoms with Gasteiger partial charge in [0.1, 0.15) is 0 Å². The highest BCUT2D eigenvalue weighted by atomic mass is 35.5. The van der Waals surface area contributed by atoms with Gasteiger partial charge in [-0.05, 0) is 36.4 Å². The number of fused-ring (bicyclic) bond motifs is 1. The normalized spacial score (nSPS) is 13.3. The molecule has 0 atom stereocenters. The molecule has 1 aliphatic heterocycles. The third-order valence-electron chi connectivity index (χ3n) is 2.48. The Morgan fingerprint density at radius 2 is 1.83 bits per heavy atom. The van der Waals surface area contributed by atoms with Crippen molar-refractivity contribution in [3.05, 3.63) is 53.6 Å². The number of halogens is 1. The van der Waals surface area contributed by atoms with Crippen LogP contribution in [-0.4, -0.2) is 5.17 Å². The summed E-state index contributed by atoms with van der Waals surface area (Å²) < 4.78 is 3.24. The molecule has 5 heteroatoms. The number of anilines is 2. The molecular formula is C13H10ClN3S. The third-order valence-corrected chi connectivity index (χ3v) is 3.44. The summed E-state index contributed by atoms with van der Waals surface area (Å²) in [5.41, 5.74) is 2.93. The maximum absolute atomic E-state index is 5.85. The molecule has 0 spiro atoms. The summed E-state index contributed by atoms with van der Waals surface area (Å²) in [6.07, 6.45) is 0. The van der Waals surface area contributed by atoms with Crippen LogP contribution in [0.3, 0.4) is 0 Å². The van der Waals surface area contributed by atoms with Gasteiger partial charge in [-0.2, -0.15) is 0 Å². The zero-order valence-corrected chi connectivity index (χ0v) is 10.9. The Hall–Kier alpha value is -1.65. The smallest absolute Gasteiger partial charge is 0.187 e. The molecule has 2 N–H and O–H groups in total. The first kappa shape index (κ1) is 11.4. The molecule has 0 bridgehead atoms. The number of nitrogens with one attached hydrogen (secondary N) is 2. The number of rotatable bonds is 1. The lowest BCUT2D eigenvalue weighted by atomic mass is 10.3. The van der Waals surface area contributed by atoms with Crippen LogP contribution in [0.2, 0.25) is 5.02 Å². The van der Waals surface area contributed by atoms with Crippen LogP contribution in [0.1, 0.15) is 0 Å². The van der Waals surface area contributed by atoms with Gasteiger partial charge < -0.3 is 10.0 Å². The quantitative estimate of drug-likeness (QED) is 0.752. The predicted molar refractivity (Wildman–Crippen MR) is 79.8 cm³/mol. The van der Waals surface area contributed by atoms with Crippen LogP contribution in [0.15, 0.2) is 53.5 Å². The first-order valence-corrected chi connectivity index (χ1v) is 6.64. The number of amidine groups is 1. The van der Waals surface area contributed by atoms with Crippen LogP contribution < -0.4 is 10.0 Å². The van der Waals surface area contributed by atoms with Gasteiger partial charge in [0.25, 0.3) is 0 Å². The van der Waals surface area contributed by atoms with Gasteiger partial charge in [0.2, 0.25) is 0 Å². The summed E-state index contributed by atoms with van der Waals surface area (Å²) in [6, 6.07) is 15.5. The largest absolute Gasteiger partial charge is 0.333 e. The summed E-state index contributed by atoms with van der Waals surface area (Å²) in [5, 5.41) is 4.78. The molecule has 1 aliphatic rings. The lowest BCUT2D eigenvalue weighted by molar-refractivity contribution is 1.50. The predicted octanol–water partition coefficient (Wildman–Crippen LogP) is 4.51. The molecule has 0 amide bonds. The number of nitrogens with zero attached hydrogens (tertiary/aromatic N) is 1. The number of benzene rings is 2. The van der Waals surface area contributed by atoms with Gasteiger partial charge in [0, 0.05) is 22.7 Å². The number of para-hydroxylation sites is 2. The van der Waals surface area contributed by atoms with E-state index in [9.17, 15) is 0 Å². The van der Waals surface area contributed by atoms with Gasteiger partial charge in [-0.1, -0.05) is 23.7 Å². The average molecular weight is 276 g/mol. The van der Waals surface area contributed by atoms with Crippen molar-refractivity contribution in [1.29, 1.82) is 0 Å². The molecule has 1 heterocycles. The Kier molecular flexibility index (Phi) is 3.13. The highest BCUT2D eigenvalue weighted by Crippen LogP contribution is 2.32. The van der Waals surface area contributed by atoms with Crippen molar-refractivity contribution in [1.82, 2.24) is 0 Å². The molecule has 0 unspecified atom stereocenters. The molecule has 0 fully saturated rings. The Morgan fingerprint density at radius 3 is 2.67 bits per heavy atom. The highest BCUT2D eigenvalue weighted by molar-refractivity contribution is 8.15. The van der Waals surface area contributed by atoms with E-state index in [0.29, 0.717) is 0 Å². The fourth-order valence-corrected chi connectivity index (χ4v) is 2.42. The first-order chi connectivity index (χ1) is 8.81. The minimum atomic E-state index is 0.724. The molecule has 90 valence electrons. The molecule has 0 saturated heterocycles. The fourth-order valence-electron chi connectivity index (χ4n) is 1.60. The van der Waals surface area contributed by atoms with Crippen molar-refractivity contribution >= 4 is 45.8 Å². The van der Waals surface area contributed by atoms with Gasteiger partial charge in [-0.15, -0.1) is 0 Å².